The van der Waals surface area contributed by atoms with E-state index in [1.807, 2.05) is 13.8 Å². The van der Waals surface area contributed by atoms with Crippen LogP contribution in [0.25, 0.3) is 0 Å². The summed E-state index contributed by atoms with van der Waals surface area (Å²) in [4.78, 5) is 22.5. The Balaban J connectivity index is 3.55. The molecule has 0 bridgehead atoms. The van der Waals surface area contributed by atoms with Gasteiger partial charge in [-0.1, -0.05) is 13.2 Å². The Kier molecular flexibility index (Phi) is 13.4. The van der Waals surface area contributed by atoms with Crippen LogP contribution in [-0.2, 0) is 28.5 Å². The molecule has 2 N–H and O–H groups in total. The summed E-state index contributed by atoms with van der Waals surface area (Å²) in [5, 5.41) is 5.36. The highest BCUT2D eigenvalue weighted by molar-refractivity contribution is 5.92. The molecular weight excluding hydrogens is 352 g/mol. The van der Waals surface area contributed by atoms with Gasteiger partial charge in [-0.05, 0) is 27.7 Å². The van der Waals surface area contributed by atoms with E-state index < -0.39 is 5.79 Å². The molecule has 0 aliphatic carbocycles. The number of ether oxygens (including phenoxy) is 4. The molecule has 0 aromatic rings. The van der Waals surface area contributed by atoms with Gasteiger partial charge in [0.05, 0.1) is 39.6 Å². The smallest absolute Gasteiger partial charge is 0.246 e. The maximum absolute atomic E-state index is 11.3. The zero-order chi connectivity index (χ0) is 20.7. The molecule has 0 aliphatic heterocycles. The van der Waals surface area contributed by atoms with Crippen molar-refractivity contribution in [2.45, 2.75) is 33.5 Å². The van der Waals surface area contributed by atoms with Gasteiger partial charge in [-0.2, -0.15) is 0 Å². The zero-order valence-electron chi connectivity index (χ0n) is 17.0. The second-order valence-corrected chi connectivity index (χ2v) is 6.39. The lowest BCUT2D eigenvalue weighted by molar-refractivity contribution is -0.223. The van der Waals surface area contributed by atoms with Gasteiger partial charge < -0.3 is 29.6 Å². The fourth-order valence-electron chi connectivity index (χ4n) is 1.71. The minimum Gasteiger partial charge on any atom is -0.377 e. The number of rotatable bonds is 16. The first-order chi connectivity index (χ1) is 12.7. The molecule has 0 saturated carbocycles. The molecule has 8 heteroatoms. The summed E-state index contributed by atoms with van der Waals surface area (Å²) in [6.45, 7) is 17.2. The molecule has 0 heterocycles. The van der Waals surface area contributed by atoms with Crippen LogP contribution in [-0.4, -0.2) is 70.3 Å². The van der Waals surface area contributed by atoms with E-state index in [1.165, 1.54) is 0 Å². The van der Waals surface area contributed by atoms with Crippen LogP contribution in [0, 0.1) is 0 Å². The lowest BCUT2D eigenvalue weighted by Crippen LogP contribution is -2.32. The topological polar surface area (TPSA) is 95.1 Å². The van der Waals surface area contributed by atoms with Crippen molar-refractivity contribution in [3.8, 4) is 0 Å². The van der Waals surface area contributed by atoms with Crippen molar-refractivity contribution in [2.24, 2.45) is 0 Å². The number of hydrogen-bond donors (Lipinski definition) is 2. The quantitative estimate of drug-likeness (QED) is 0.235. The Morgan fingerprint density at radius 1 is 0.741 bits per heavy atom. The third-order valence-corrected chi connectivity index (χ3v) is 3.19. The van der Waals surface area contributed by atoms with Crippen molar-refractivity contribution in [3.63, 3.8) is 0 Å². The Labute approximate surface area is 162 Å². The minimum absolute atomic E-state index is 0.176. The summed E-state index contributed by atoms with van der Waals surface area (Å²) < 4.78 is 22.0. The highest BCUT2D eigenvalue weighted by Gasteiger charge is 2.18. The van der Waals surface area contributed by atoms with Gasteiger partial charge in [-0.25, -0.2) is 0 Å². The van der Waals surface area contributed by atoms with Crippen molar-refractivity contribution in [2.75, 3.05) is 52.7 Å². The maximum Gasteiger partial charge on any atom is 0.246 e. The van der Waals surface area contributed by atoms with Crippen molar-refractivity contribution >= 4 is 11.8 Å². The molecule has 0 aromatic heterocycles. The highest BCUT2D eigenvalue weighted by atomic mass is 16.7. The zero-order valence-corrected chi connectivity index (χ0v) is 17.0. The Bertz CT molecular complexity index is 449. The predicted octanol–water partition coefficient (Wildman–Crippen LogP) is 1.17. The molecule has 0 fully saturated rings. The van der Waals surface area contributed by atoms with Gasteiger partial charge in [0.2, 0.25) is 11.8 Å². The molecule has 0 saturated heterocycles. The molecule has 27 heavy (non-hydrogen) atoms. The monoisotopic (exact) mass is 386 g/mol. The van der Waals surface area contributed by atoms with Crippen LogP contribution in [0.15, 0.2) is 24.3 Å². The minimum atomic E-state index is -0.755. The van der Waals surface area contributed by atoms with E-state index in [2.05, 4.69) is 23.8 Å². The molecule has 2 amide bonds. The lowest BCUT2D eigenvalue weighted by Gasteiger charge is -2.25. The van der Waals surface area contributed by atoms with Gasteiger partial charge >= 0.3 is 0 Å². The van der Waals surface area contributed by atoms with Gasteiger partial charge in [-0.15, -0.1) is 0 Å². The molecule has 0 rings (SSSR count). The van der Waals surface area contributed by atoms with E-state index in [-0.39, 0.29) is 11.8 Å². The van der Waals surface area contributed by atoms with E-state index >= 15 is 0 Å². The molecule has 156 valence electrons. The number of carbonyl (C=O) groups excluding carboxylic acids is 2. The number of carbonyl (C=O) groups is 2. The summed E-state index contributed by atoms with van der Waals surface area (Å²) in [6, 6.07) is 0. The Morgan fingerprint density at radius 2 is 1.11 bits per heavy atom. The first kappa shape index (κ1) is 25.3. The standard InChI is InChI=1S/C19H34N2O6/c1-15(2)17(22)20-7-9-24-11-13-26-19(5,6)27-14-12-25-10-8-21-18(23)16(3)4/h1,3,7-14H2,2,4-6H3,(H,20,22)(H,21,23). The Hall–Kier alpha value is -1.74. The third kappa shape index (κ3) is 15.1. The molecular formula is C19H34N2O6. The van der Waals surface area contributed by atoms with Gasteiger partial charge in [-0.3, -0.25) is 9.59 Å². The average Bonchev–Trinajstić information content (AvgIpc) is 2.59. The van der Waals surface area contributed by atoms with Gasteiger partial charge in [0.25, 0.3) is 0 Å². The average molecular weight is 386 g/mol. The lowest BCUT2D eigenvalue weighted by atomic mass is 10.3. The van der Waals surface area contributed by atoms with Crippen molar-refractivity contribution in [3.05, 3.63) is 24.3 Å². The van der Waals surface area contributed by atoms with E-state index in [1.54, 1.807) is 13.8 Å². The normalized spacial score (nSPS) is 11.1. The van der Waals surface area contributed by atoms with Gasteiger partial charge in [0.1, 0.15) is 0 Å². The summed E-state index contributed by atoms with van der Waals surface area (Å²) in [7, 11) is 0. The van der Waals surface area contributed by atoms with Crippen molar-refractivity contribution in [1.82, 2.24) is 10.6 Å². The number of amides is 2. The molecule has 0 radical (unpaired) electrons. The van der Waals surface area contributed by atoms with Crippen LogP contribution in [0.1, 0.15) is 27.7 Å². The Morgan fingerprint density at radius 3 is 1.44 bits per heavy atom. The van der Waals surface area contributed by atoms with Crippen LogP contribution in [0.5, 0.6) is 0 Å². The van der Waals surface area contributed by atoms with Crippen molar-refractivity contribution in [1.29, 1.82) is 0 Å². The highest BCUT2D eigenvalue weighted by Crippen LogP contribution is 2.10. The van der Waals surface area contributed by atoms with Crippen molar-refractivity contribution < 1.29 is 28.5 Å². The molecule has 0 aromatic carbocycles. The second-order valence-electron chi connectivity index (χ2n) is 6.39. The summed E-state index contributed by atoms with van der Waals surface area (Å²) >= 11 is 0. The summed E-state index contributed by atoms with van der Waals surface area (Å²) in [5.41, 5.74) is 0.940. The molecule has 0 spiro atoms. The van der Waals surface area contributed by atoms with Crippen LogP contribution < -0.4 is 10.6 Å². The van der Waals surface area contributed by atoms with Gasteiger partial charge in [0, 0.05) is 24.2 Å². The van der Waals surface area contributed by atoms with E-state index in [0.29, 0.717) is 63.9 Å². The van der Waals surface area contributed by atoms with Crippen LogP contribution >= 0.6 is 0 Å². The molecule has 8 nitrogen and oxygen atoms in total. The summed E-state index contributed by atoms with van der Waals surface area (Å²) in [6.07, 6.45) is 0. The molecule has 0 aliphatic rings. The van der Waals surface area contributed by atoms with E-state index in [0.717, 1.165) is 0 Å². The predicted molar refractivity (Wildman–Crippen MR) is 103 cm³/mol. The third-order valence-electron chi connectivity index (χ3n) is 3.19. The maximum atomic E-state index is 11.3. The summed E-state index contributed by atoms with van der Waals surface area (Å²) in [5.74, 6) is -1.11. The van der Waals surface area contributed by atoms with Gasteiger partial charge in [0.15, 0.2) is 5.79 Å². The largest absolute Gasteiger partial charge is 0.377 e. The fraction of sp³-hybridized carbons (Fsp3) is 0.684. The fourth-order valence-corrected chi connectivity index (χ4v) is 1.71. The first-order valence-corrected chi connectivity index (χ1v) is 8.96. The molecule has 0 unspecified atom stereocenters. The first-order valence-electron chi connectivity index (χ1n) is 8.96. The van der Waals surface area contributed by atoms with Crippen LogP contribution in [0.3, 0.4) is 0 Å². The molecule has 0 atom stereocenters. The van der Waals surface area contributed by atoms with Crippen LogP contribution in [0.4, 0.5) is 0 Å². The number of hydrogen-bond acceptors (Lipinski definition) is 6. The van der Waals surface area contributed by atoms with E-state index in [9.17, 15) is 9.59 Å². The van der Waals surface area contributed by atoms with E-state index in [4.69, 9.17) is 18.9 Å². The second kappa shape index (κ2) is 14.3. The van der Waals surface area contributed by atoms with Crippen LogP contribution in [0.2, 0.25) is 0 Å². The SMILES string of the molecule is C=C(C)C(=O)NCCOCCOC(C)(C)OCCOCCNC(=O)C(=C)C. The number of nitrogens with one attached hydrogen (secondary N) is 2.